The number of anilines is 1. The minimum Gasteiger partial charge on any atom is -0.477 e. The minimum absolute atomic E-state index is 0.0814. The molecular weight excluding hydrogens is 380 g/mol. The van der Waals surface area contributed by atoms with Gasteiger partial charge >= 0.3 is 11.9 Å². The molecule has 1 aliphatic rings. The highest BCUT2D eigenvalue weighted by atomic mass is 16.5. The number of carbonyl (C=O) groups is 3. The van der Waals surface area contributed by atoms with Crippen LogP contribution in [0.3, 0.4) is 0 Å². The number of nitrogens with zero attached hydrogens (tertiary/aromatic N) is 4. The molecule has 4 N–H and O–H groups in total. The second-order valence-corrected chi connectivity index (χ2v) is 6.48. The van der Waals surface area contributed by atoms with Crippen molar-refractivity contribution in [2.24, 2.45) is 0 Å². The van der Waals surface area contributed by atoms with Crippen molar-refractivity contribution in [1.82, 2.24) is 24.9 Å². The Balaban J connectivity index is 1.61. The van der Waals surface area contributed by atoms with Crippen LogP contribution in [0.1, 0.15) is 54.9 Å². The van der Waals surface area contributed by atoms with E-state index in [9.17, 15) is 19.5 Å². The molecule has 0 bridgehead atoms. The third kappa shape index (κ3) is 3.22. The zero-order valence-electron chi connectivity index (χ0n) is 15.2. The van der Waals surface area contributed by atoms with Gasteiger partial charge in [0, 0.05) is 6.07 Å². The van der Waals surface area contributed by atoms with Gasteiger partial charge in [0.2, 0.25) is 5.95 Å². The van der Waals surface area contributed by atoms with Crippen molar-refractivity contribution in [1.29, 1.82) is 0 Å². The lowest BCUT2D eigenvalue weighted by Gasteiger charge is -2.14. The van der Waals surface area contributed by atoms with Gasteiger partial charge in [-0.05, 0) is 36.1 Å². The second-order valence-electron chi connectivity index (χ2n) is 6.48. The lowest BCUT2D eigenvalue weighted by atomic mass is 10.0. The minimum atomic E-state index is -1.29. The van der Waals surface area contributed by atoms with Crippen molar-refractivity contribution in [2.45, 2.75) is 18.9 Å². The summed E-state index contributed by atoms with van der Waals surface area (Å²) in [5.41, 5.74) is 7.39. The summed E-state index contributed by atoms with van der Waals surface area (Å²) in [6, 6.07) is 5.99. The maximum absolute atomic E-state index is 12.7. The van der Waals surface area contributed by atoms with E-state index < -0.39 is 17.8 Å². The fraction of sp³-hybridized carbons (Fsp3) is 0.222. The van der Waals surface area contributed by atoms with E-state index in [0.717, 1.165) is 21.7 Å². The number of hydrogen-bond acceptors (Lipinski definition) is 8. The molecule has 2 aromatic heterocycles. The van der Waals surface area contributed by atoms with Crippen molar-refractivity contribution >= 4 is 29.6 Å². The first-order chi connectivity index (χ1) is 13.9. The molecule has 0 spiro atoms. The number of benzene rings is 1. The number of aryl methyl sites for hydroxylation is 1. The molecule has 1 atom stereocenters. The van der Waals surface area contributed by atoms with E-state index >= 15 is 0 Å². The van der Waals surface area contributed by atoms with Crippen LogP contribution in [0.5, 0.6) is 0 Å². The lowest BCUT2D eigenvalue weighted by Crippen LogP contribution is -2.28. The fourth-order valence-electron chi connectivity index (χ4n) is 3.40. The molecule has 0 unspecified atom stereocenters. The summed E-state index contributed by atoms with van der Waals surface area (Å²) in [5, 5.41) is 16.0. The smallest absolute Gasteiger partial charge is 0.354 e. The highest BCUT2D eigenvalue weighted by Gasteiger charge is 2.27. The number of amides is 1. The van der Waals surface area contributed by atoms with Crippen molar-refractivity contribution in [3.05, 3.63) is 52.3 Å². The quantitative estimate of drug-likeness (QED) is 0.536. The van der Waals surface area contributed by atoms with Crippen molar-refractivity contribution in [3.63, 3.8) is 0 Å². The highest BCUT2D eigenvalue weighted by Crippen LogP contribution is 2.32. The predicted octanol–water partition coefficient (Wildman–Crippen LogP) is 0.609. The Kier molecular flexibility index (Phi) is 4.34. The largest absolute Gasteiger partial charge is 0.477 e. The summed E-state index contributed by atoms with van der Waals surface area (Å²) in [7, 11) is 1.32. The number of aromatic carboxylic acids is 1. The number of esters is 1. The molecule has 0 radical (unpaired) electrons. The summed E-state index contributed by atoms with van der Waals surface area (Å²) in [5.74, 6) is -2.50. The molecule has 0 saturated carbocycles. The van der Waals surface area contributed by atoms with Gasteiger partial charge in [0.15, 0.2) is 5.69 Å². The van der Waals surface area contributed by atoms with Gasteiger partial charge in [-0.15, -0.1) is 5.10 Å². The number of carboxylic acids is 1. The van der Waals surface area contributed by atoms with Gasteiger partial charge in [-0.1, -0.05) is 6.07 Å². The van der Waals surface area contributed by atoms with Crippen molar-refractivity contribution in [2.75, 3.05) is 12.8 Å². The molecule has 11 nitrogen and oxygen atoms in total. The van der Waals surface area contributed by atoms with Gasteiger partial charge in [0.05, 0.1) is 18.7 Å². The first-order valence-corrected chi connectivity index (χ1v) is 8.66. The second kappa shape index (κ2) is 6.86. The molecule has 3 aromatic rings. The number of carboxylic acid groups (broad SMARTS) is 1. The van der Waals surface area contributed by atoms with E-state index in [1.165, 1.54) is 7.11 Å². The first kappa shape index (κ1) is 18.3. The van der Waals surface area contributed by atoms with E-state index in [0.29, 0.717) is 18.4 Å². The number of methoxy groups -OCH3 is 1. The van der Waals surface area contributed by atoms with Gasteiger partial charge in [-0.2, -0.15) is 9.50 Å². The number of hydrogen-bond donors (Lipinski definition) is 3. The third-order valence-electron chi connectivity index (χ3n) is 4.73. The highest BCUT2D eigenvalue weighted by molar-refractivity contribution is 5.96. The molecule has 2 heterocycles. The van der Waals surface area contributed by atoms with E-state index in [2.05, 4.69) is 20.4 Å². The van der Waals surface area contributed by atoms with Crippen LogP contribution >= 0.6 is 0 Å². The zero-order chi connectivity index (χ0) is 20.7. The summed E-state index contributed by atoms with van der Waals surface area (Å²) in [6.07, 6.45) is 1.32. The lowest BCUT2D eigenvalue weighted by molar-refractivity contribution is 0.0599. The first-order valence-electron chi connectivity index (χ1n) is 8.66. The summed E-state index contributed by atoms with van der Waals surface area (Å²) in [4.78, 5) is 43.8. The number of nitrogen functional groups attached to an aromatic ring is 1. The summed E-state index contributed by atoms with van der Waals surface area (Å²) in [6.45, 7) is 0. The molecule has 0 saturated heterocycles. The van der Waals surface area contributed by atoms with Gasteiger partial charge < -0.3 is 20.9 Å². The molecular formula is C18H16N6O5. The predicted molar refractivity (Wildman–Crippen MR) is 98.5 cm³/mol. The maximum atomic E-state index is 12.7. The number of nitrogens with two attached hydrogens (primary N) is 1. The van der Waals surface area contributed by atoms with Gasteiger partial charge in [0.1, 0.15) is 5.69 Å². The topological polar surface area (TPSA) is 162 Å². The number of fused-ring (bicyclic) bond motifs is 2. The van der Waals surface area contributed by atoms with Crippen LogP contribution in [0.4, 0.5) is 5.95 Å². The number of ether oxygens (including phenoxy) is 1. The molecule has 1 aromatic carbocycles. The van der Waals surface area contributed by atoms with Crippen LogP contribution in [-0.2, 0) is 11.2 Å². The Bertz CT molecular complexity index is 1170. The van der Waals surface area contributed by atoms with Crippen molar-refractivity contribution in [3.8, 4) is 0 Å². The van der Waals surface area contributed by atoms with Crippen molar-refractivity contribution < 1.29 is 24.2 Å². The molecule has 1 amide bonds. The number of aromatic nitrogens is 4. The van der Waals surface area contributed by atoms with Crippen LogP contribution < -0.4 is 11.1 Å². The van der Waals surface area contributed by atoms with Gasteiger partial charge in [-0.25, -0.2) is 14.6 Å². The molecule has 1 aliphatic carbocycles. The standard InChI is InChI=1S/C18H16N6O5/c1-29-16(28)9-2-4-10-8(6-9)3-5-11(10)20-14(25)12-7-13(15(26)27)24-18(21-12)22-17(19)23-24/h2,4,6-7,11H,3,5H2,1H3,(H2,19,23)(H,20,25)(H,26,27)/t11-/m0/s1. The number of nitrogens with one attached hydrogen (secondary N) is 1. The molecule has 0 aliphatic heterocycles. The van der Waals surface area contributed by atoms with E-state index in [-0.39, 0.29) is 29.2 Å². The number of rotatable bonds is 4. The summed E-state index contributed by atoms with van der Waals surface area (Å²) >= 11 is 0. The Hall–Kier alpha value is -4.02. The average molecular weight is 396 g/mol. The average Bonchev–Trinajstić information content (AvgIpc) is 3.28. The van der Waals surface area contributed by atoms with Crippen LogP contribution in [-0.4, -0.2) is 49.6 Å². The summed E-state index contributed by atoms with van der Waals surface area (Å²) < 4.78 is 5.69. The van der Waals surface area contributed by atoms with Crippen LogP contribution in [0.25, 0.3) is 5.78 Å². The Labute approximate surface area is 163 Å². The van der Waals surface area contributed by atoms with Crippen LogP contribution in [0.2, 0.25) is 0 Å². The molecule has 29 heavy (non-hydrogen) atoms. The van der Waals surface area contributed by atoms with E-state index in [1.807, 2.05) is 0 Å². The Morgan fingerprint density at radius 1 is 1.28 bits per heavy atom. The normalized spacial score (nSPS) is 15.1. The Morgan fingerprint density at radius 3 is 2.79 bits per heavy atom. The molecule has 0 fully saturated rings. The van der Waals surface area contributed by atoms with Gasteiger partial charge in [-0.3, -0.25) is 4.79 Å². The third-order valence-corrected chi connectivity index (χ3v) is 4.73. The molecule has 4 rings (SSSR count). The zero-order valence-corrected chi connectivity index (χ0v) is 15.2. The van der Waals surface area contributed by atoms with Crippen LogP contribution in [0, 0.1) is 0 Å². The number of carbonyl (C=O) groups excluding carboxylic acids is 2. The molecule has 148 valence electrons. The SMILES string of the molecule is COC(=O)c1ccc2c(c1)CC[C@@H]2NC(=O)c1cc(C(=O)O)n2nc(N)nc2n1. The van der Waals surface area contributed by atoms with E-state index in [1.54, 1.807) is 18.2 Å². The van der Waals surface area contributed by atoms with Gasteiger partial charge in [0.25, 0.3) is 11.7 Å². The fourth-order valence-corrected chi connectivity index (χ4v) is 3.40. The monoisotopic (exact) mass is 396 g/mol. The molecule has 11 heteroatoms. The van der Waals surface area contributed by atoms with E-state index in [4.69, 9.17) is 10.5 Å². The Morgan fingerprint density at radius 2 is 2.07 bits per heavy atom. The maximum Gasteiger partial charge on any atom is 0.354 e. The van der Waals surface area contributed by atoms with Crippen LogP contribution in [0.15, 0.2) is 24.3 Å².